The molecule has 0 radical (unpaired) electrons. The maximum atomic E-state index is 14.0. The molecule has 12 heteroatoms. The van der Waals surface area contributed by atoms with E-state index < -0.39 is 24.1 Å². The summed E-state index contributed by atoms with van der Waals surface area (Å²) in [7, 11) is 1.50. The number of ether oxygens (including phenoxy) is 3. The monoisotopic (exact) mass is 604 g/mol. The first-order valence-electron chi connectivity index (χ1n) is 13.3. The van der Waals surface area contributed by atoms with Crippen LogP contribution in [0.5, 0.6) is 17.2 Å². The summed E-state index contributed by atoms with van der Waals surface area (Å²) < 4.78 is 54.1. The van der Waals surface area contributed by atoms with E-state index >= 15 is 0 Å². The molecule has 0 spiro atoms. The highest BCUT2D eigenvalue weighted by molar-refractivity contribution is 6.30. The number of rotatable bonds is 10. The van der Waals surface area contributed by atoms with Gasteiger partial charge in [-0.2, -0.15) is 0 Å². The lowest BCUT2D eigenvalue weighted by molar-refractivity contribution is -0.274. The summed E-state index contributed by atoms with van der Waals surface area (Å²) in [6.07, 6.45) is -3.30. The molecule has 42 heavy (non-hydrogen) atoms. The molecule has 1 saturated carbocycles. The van der Waals surface area contributed by atoms with Gasteiger partial charge in [0.1, 0.15) is 23.3 Å². The highest BCUT2D eigenvalue weighted by Crippen LogP contribution is 2.38. The standard InChI is InChI=1S/C30H28ClF3N2O6/c1-40-24-12-22(13-25(14-24)41-16-17-10-20(11-17)29(38)39)35-27(19-2-5-21(31)6-3-19)28(37)36-9-8-18-4-7-23(15-26(18)36)42-30(32,33)34/h2-7,12-15,17,20,27,35H,8-11,16H2,1H3,(H,38,39). The van der Waals surface area contributed by atoms with Crippen LogP contribution in [0.3, 0.4) is 0 Å². The molecule has 1 aliphatic heterocycles. The van der Waals surface area contributed by atoms with Gasteiger partial charge in [0.25, 0.3) is 5.91 Å². The zero-order chi connectivity index (χ0) is 30.0. The smallest absolute Gasteiger partial charge is 0.497 e. The highest BCUT2D eigenvalue weighted by Gasteiger charge is 2.36. The fourth-order valence-electron chi connectivity index (χ4n) is 5.19. The van der Waals surface area contributed by atoms with Gasteiger partial charge in [-0.1, -0.05) is 29.8 Å². The Morgan fingerprint density at radius 3 is 2.43 bits per heavy atom. The minimum atomic E-state index is -4.86. The van der Waals surface area contributed by atoms with Gasteiger partial charge in [-0.25, -0.2) is 0 Å². The molecule has 8 nitrogen and oxygen atoms in total. The fourth-order valence-corrected chi connectivity index (χ4v) is 5.32. The third kappa shape index (κ3) is 6.84. The van der Waals surface area contributed by atoms with Crippen molar-refractivity contribution in [2.24, 2.45) is 11.8 Å². The van der Waals surface area contributed by atoms with Crippen molar-refractivity contribution in [2.45, 2.75) is 31.7 Å². The molecule has 1 fully saturated rings. The molecule has 3 aromatic rings. The van der Waals surface area contributed by atoms with Crippen LogP contribution in [0.2, 0.25) is 5.02 Å². The second kappa shape index (κ2) is 12.0. The molecule has 1 aliphatic carbocycles. The van der Waals surface area contributed by atoms with Gasteiger partial charge < -0.3 is 29.5 Å². The van der Waals surface area contributed by atoms with Crippen molar-refractivity contribution in [3.05, 3.63) is 76.8 Å². The Labute approximate surface area is 244 Å². The van der Waals surface area contributed by atoms with Crippen LogP contribution in [0.25, 0.3) is 0 Å². The van der Waals surface area contributed by atoms with Gasteiger partial charge >= 0.3 is 12.3 Å². The Morgan fingerprint density at radius 2 is 1.76 bits per heavy atom. The SMILES string of the molecule is COc1cc(NC(C(=O)N2CCc3ccc(OC(F)(F)F)cc32)c2ccc(Cl)cc2)cc(OCC2CC(C(=O)O)C2)c1. The number of hydrogen-bond donors (Lipinski definition) is 2. The number of carboxylic acid groups (broad SMARTS) is 1. The molecule has 0 saturated heterocycles. The van der Waals surface area contributed by atoms with E-state index in [9.17, 15) is 22.8 Å². The van der Waals surface area contributed by atoms with Crippen LogP contribution in [0.15, 0.2) is 60.7 Å². The van der Waals surface area contributed by atoms with E-state index in [2.05, 4.69) is 10.1 Å². The number of amides is 1. The zero-order valence-electron chi connectivity index (χ0n) is 22.5. The molecule has 222 valence electrons. The summed E-state index contributed by atoms with van der Waals surface area (Å²) in [5.41, 5.74) is 2.16. The number of nitrogens with one attached hydrogen (secondary N) is 1. The van der Waals surface area contributed by atoms with E-state index in [1.807, 2.05) is 0 Å². The summed E-state index contributed by atoms with van der Waals surface area (Å²) in [5.74, 6) is -0.889. The number of alkyl halides is 3. The first kappa shape index (κ1) is 29.4. The van der Waals surface area contributed by atoms with Crippen LogP contribution in [0, 0.1) is 11.8 Å². The van der Waals surface area contributed by atoms with Crippen molar-refractivity contribution >= 4 is 34.9 Å². The van der Waals surface area contributed by atoms with Gasteiger partial charge in [-0.05, 0) is 54.5 Å². The number of nitrogens with zero attached hydrogens (tertiary/aromatic N) is 1. The number of fused-ring (bicyclic) bond motifs is 1. The third-order valence-electron chi connectivity index (χ3n) is 7.40. The highest BCUT2D eigenvalue weighted by atomic mass is 35.5. The fraction of sp³-hybridized carbons (Fsp3) is 0.333. The number of halogens is 4. The van der Waals surface area contributed by atoms with Crippen LogP contribution in [0.4, 0.5) is 24.5 Å². The van der Waals surface area contributed by atoms with Crippen LogP contribution >= 0.6 is 11.6 Å². The van der Waals surface area contributed by atoms with Crippen LogP contribution < -0.4 is 24.4 Å². The van der Waals surface area contributed by atoms with Gasteiger partial charge in [0.2, 0.25) is 0 Å². The van der Waals surface area contributed by atoms with Gasteiger partial charge in [0.05, 0.1) is 25.3 Å². The number of carbonyl (C=O) groups excluding carboxylic acids is 1. The quantitative estimate of drug-likeness (QED) is 0.273. The number of methoxy groups -OCH3 is 1. The van der Waals surface area contributed by atoms with Crippen molar-refractivity contribution in [3.8, 4) is 17.2 Å². The predicted octanol–water partition coefficient (Wildman–Crippen LogP) is 6.48. The molecule has 2 aliphatic rings. The molecule has 5 rings (SSSR count). The van der Waals surface area contributed by atoms with Gasteiger partial charge in [0, 0.05) is 41.5 Å². The molecule has 1 unspecified atom stereocenters. The summed E-state index contributed by atoms with van der Waals surface area (Å²) in [6, 6.07) is 14.8. The molecule has 3 aromatic carbocycles. The van der Waals surface area contributed by atoms with Crippen molar-refractivity contribution < 1.29 is 42.1 Å². The molecule has 0 aromatic heterocycles. The van der Waals surface area contributed by atoms with Gasteiger partial charge in [0.15, 0.2) is 0 Å². The van der Waals surface area contributed by atoms with Crippen LogP contribution in [0.1, 0.15) is 30.0 Å². The zero-order valence-corrected chi connectivity index (χ0v) is 23.2. The summed E-state index contributed by atoms with van der Waals surface area (Å²) in [6.45, 7) is 0.615. The van der Waals surface area contributed by atoms with Crippen LogP contribution in [-0.4, -0.2) is 43.6 Å². The summed E-state index contributed by atoms with van der Waals surface area (Å²) in [5, 5.41) is 12.8. The summed E-state index contributed by atoms with van der Waals surface area (Å²) in [4.78, 5) is 26.6. The second-order valence-electron chi connectivity index (χ2n) is 10.3. The number of carbonyl (C=O) groups is 2. The molecular formula is C30H28ClF3N2O6. The Hall–Kier alpha value is -4.12. The van der Waals surface area contributed by atoms with Crippen LogP contribution in [-0.2, 0) is 16.0 Å². The molecule has 1 atom stereocenters. The molecule has 1 heterocycles. The summed E-state index contributed by atoms with van der Waals surface area (Å²) >= 11 is 6.10. The van der Waals surface area contributed by atoms with Gasteiger partial charge in [-0.15, -0.1) is 13.2 Å². The van der Waals surface area contributed by atoms with Crippen molar-refractivity contribution in [1.82, 2.24) is 0 Å². The van der Waals surface area contributed by atoms with Crippen molar-refractivity contribution in [2.75, 3.05) is 30.5 Å². The van der Waals surface area contributed by atoms with E-state index in [1.54, 1.807) is 42.5 Å². The number of anilines is 2. The topological polar surface area (TPSA) is 97.3 Å². The number of benzene rings is 3. The second-order valence-corrected chi connectivity index (χ2v) is 10.7. The normalized spacial score (nSPS) is 18.5. The Balaban J connectivity index is 1.40. The third-order valence-corrected chi connectivity index (χ3v) is 7.65. The molecular weight excluding hydrogens is 577 g/mol. The molecule has 2 N–H and O–H groups in total. The van der Waals surface area contributed by atoms with E-state index in [4.69, 9.17) is 26.2 Å². The minimum Gasteiger partial charge on any atom is -0.497 e. The molecule has 0 bridgehead atoms. The van der Waals surface area contributed by atoms with Crippen molar-refractivity contribution in [1.29, 1.82) is 0 Å². The Kier molecular flexibility index (Phi) is 8.40. The minimum absolute atomic E-state index is 0.124. The lowest BCUT2D eigenvalue weighted by Gasteiger charge is -2.32. The largest absolute Gasteiger partial charge is 0.573 e. The van der Waals surface area contributed by atoms with E-state index in [0.29, 0.717) is 59.3 Å². The Morgan fingerprint density at radius 1 is 1.05 bits per heavy atom. The average molecular weight is 605 g/mol. The van der Waals surface area contributed by atoms with E-state index in [-0.39, 0.29) is 24.3 Å². The van der Waals surface area contributed by atoms with Gasteiger partial charge in [-0.3, -0.25) is 9.59 Å². The number of aliphatic carboxylic acids is 1. The van der Waals surface area contributed by atoms with E-state index in [0.717, 1.165) is 5.56 Å². The molecule has 1 amide bonds. The lowest BCUT2D eigenvalue weighted by Crippen LogP contribution is -2.37. The van der Waals surface area contributed by atoms with Crippen molar-refractivity contribution in [3.63, 3.8) is 0 Å². The van der Waals surface area contributed by atoms with E-state index in [1.165, 1.54) is 30.2 Å². The number of hydrogen-bond acceptors (Lipinski definition) is 6. The first-order chi connectivity index (χ1) is 20.0. The lowest BCUT2D eigenvalue weighted by atomic mass is 9.75. The number of carboxylic acids is 1. The average Bonchev–Trinajstić information content (AvgIpc) is 3.33. The first-order valence-corrected chi connectivity index (χ1v) is 13.6. The maximum absolute atomic E-state index is 14.0. The maximum Gasteiger partial charge on any atom is 0.573 e. The Bertz CT molecular complexity index is 1460. The predicted molar refractivity (Wildman–Crippen MR) is 149 cm³/mol.